The molecule has 0 radical (unpaired) electrons. The monoisotopic (exact) mass is 412 g/mol. The summed E-state index contributed by atoms with van der Waals surface area (Å²) in [4.78, 5) is 48.5. The summed E-state index contributed by atoms with van der Waals surface area (Å²) in [5.41, 5.74) is -0.227. The largest absolute Gasteiger partial charge is 0.481 e. The van der Waals surface area contributed by atoms with E-state index in [0.29, 0.717) is 10.6 Å². The van der Waals surface area contributed by atoms with Crippen LogP contribution in [0.1, 0.15) is 39.2 Å². The maximum absolute atomic E-state index is 12.9. The van der Waals surface area contributed by atoms with Gasteiger partial charge in [0.25, 0.3) is 0 Å². The zero-order valence-electron chi connectivity index (χ0n) is 16.2. The second-order valence-corrected chi connectivity index (χ2v) is 7.49. The van der Waals surface area contributed by atoms with Crippen LogP contribution in [0.2, 0.25) is 5.02 Å². The molecule has 0 aromatic heterocycles. The van der Waals surface area contributed by atoms with Crippen molar-refractivity contribution in [1.29, 1.82) is 0 Å². The molecule has 2 atom stereocenters. The lowest BCUT2D eigenvalue weighted by atomic mass is 9.83. The molecule has 0 fully saturated rings. The third-order valence-electron chi connectivity index (χ3n) is 4.64. The molecule has 1 aromatic carbocycles. The predicted molar refractivity (Wildman–Crippen MR) is 103 cm³/mol. The standard InChI is InChI=1S/C19H25ClN2O6/c1-11(16(25)21-14(17(26)27)9-10-15(23)24)22(4)18(28)19(2,3)12-5-7-13(20)8-6-12/h5-8,11,14H,9-10H2,1-4H3,(H,21,25)(H,23,24)(H,26,27)/t11-,14+/m0/s1. The van der Waals surface area contributed by atoms with Crippen LogP contribution < -0.4 is 5.32 Å². The summed E-state index contributed by atoms with van der Waals surface area (Å²) in [5, 5.41) is 20.7. The number of carbonyl (C=O) groups excluding carboxylic acids is 2. The normalized spacial score (nSPS) is 13.3. The summed E-state index contributed by atoms with van der Waals surface area (Å²) in [5.74, 6) is -3.52. The number of rotatable bonds is 9. The van der Waals surface area contributed by atoms with Crippen molar-refractivity contribution in [2.24, 2.45) is 0 Å². The van der Waals surface area contributed by atoms with Crippen molar-refractivity contribution in [1.82, 2.24) is 10.2 Å². The molecule has 9 heteroatoms. The molecule has 0 unspecified atom stereocenters. The van der Waals surface area contributed by atoms with E-state index < -0.39 is 41.8 Å². The summed E-state index contributed by atoms with van der Waals surface area (Å²) in [6.07, 6.45) is -0.652. The second kappa shape index (κ2) is 9.54. The van der Waals surface area contributed by atoms with Crippen LogP contribution in [0.15, 0.2) is 24.3 Å². The van der Waals surface area contributed by atoms with Gasteiger partial charge < -0.3 is 20.4 Å². The lowest BCUT2D eigenvalue weighted by Gasteiger charge is -2.33. The maximum Gasteiger partial charge on any atom is 0.326 e. The van der Waals surface area contributed by atoms with Gasteiger partial charge in [-0.3, -0.25) is 14.4 Å². The van der Waals surface area contributed by atoms with E-state index in [1.165, 1.54) is 18.9 Å². The average molecular weight is 413 g/mol. The number of nitrogens with zero attached hydrogens (tertiary/aromatic N) is 1. The van der Waals surface area contributed by atoms with Gasteiger partial charge in [0.05, 0.1) is 5.41 Å². The van der Waals surface area contributed by atoms with Gasteiger partial charge in [-0.2, -0.15) is 0 Å². The van der Waals surface area contributed by atoms with Crippen molar-refractivity contribution in [3.8, 4) is 0 Å². The van der Waals surface area contributed by atoms with Crippen LogP contribution in [0, 0.1) is 0 Å². The summed E-state index contributed by atoms with van der Waals surface area (Å²) in [6.45, 7) is 4.90. The summed E-state index contributed by atoms with van der Waals surface area (Å²) < 4.78 is 0. The fourth-order valence-corrected chi connectivity index (χ4v) is 2.73. The number of nitrogens with one attached hydrogen (secondary N) is 1. The third-order valence-corrected chi connectivity index (χ3v) is 4.89. The van der Waals surface area contributed by atoms with Gasteiger partial charge >= 0.3 is 11.9 Å². The molecule has 0 aliphatic rings. The number of amides is 2. The number of benzene rings is 1. The van der Waals surface area contributed by atoms with E-state index in [1.807, 2.05) is 0 Å². The lowest BCUT2D eigenvalue weighted by molar-refractivity contribution is -0.145. The highest BCUT2D eigenvalue weighted by Gasteiger charge is 2.36. The molecule has 0 saturated heterocycles. The molecule has 28 heavy (non-hydrogen) atoms. The first-order chi connectivity index (χ1) is 12.9. The zero-order chi connectivity index (χ0) is 21.6. The van der Waals surface area contributed by atoms with Gasteiger partial charge in [-0.25, -0.2) is 4.79 Å². The van der Waals surface area contributed by atoms with Crippen LogP contribution in [0.3, 0.4) is 0 Å². The van der Waals surface area contributed by atoms with E-state index in [9.17, 15) is 19.2 Å². The number of halogens is 1. The molecule has 0 heterocycles. The van der Waals surface area contributed by atoms with E-state index in [2.05, 4.69) is 5.32 Å². The molecular formula is C19H25ClN2O6. The van der Waals surface area contributed by atoms with Crippen LogP contribution in [-0.4, -0.2) is 58.0 Å². The van der Waals surface area contributed by atoms with Crippen molar-refractivity contribution in [3.05, 3.63) is 34.9 Å². The molecule has 0 bridgehead atoms. The van der Waals surface area contributed by atoms with Gasteiger partial charge in [0.15, 0.2) is 0 Å². The second-order valence-electron chi connectivity index (χ2n) is 7.06. The molecule has 0 aliphatic carbocycles. The predicted octanol–water partition coefficient (Wildman–Crippen LogP) is 1.90. The Kier molecular flexibility index (Phi) is 7.99. The molecule has 0 saturated carbocycles. The van der Waals surface area contributed by atoms with Crippen LogP contribution in [0.5, 0.6) is 0 Å². The smallest absolute Gasteiger partial charge is 0.326 e. The van der Waals surface area contributed by atoms with Crippen molar-refractivity contribution in [2.45, 2.75) is 51.1 Å². The van der Waals surface area contributed by atoms with Gasteiger partial charge in [-0.15, -0.1) is 0 Å². The minimum atomic E-state index is -1.35. The topological polar surface area (TPSA) is 124 Å². The lowest BCUT2D eigenvalue weighted by Crippen LogP contribution is -2.53. The summed E-state index contributed by atoms with van der Waals surface area (Å²) in [7, 11) is 1.46. The van der Waals surface area contributed by atoms with Crippen LogP contribution >= 0.6 is 11.6 Å². The minimum absolute atomic E-state index is 0.253. The third kappa shape index (κ3) is 5.95. The minimum Gasteiger partial charge on any atom is -0.481 e. The van der Waals surface area contributed by atoms with Gasteiger partial charge in [0, 0.05) is 18.5 Å². The quantitative estimate of drug-likeness (QED) is 0.569. The van der Waals surface area contributed by atoms with Crippen molar-refractivity contribution in [3.63, 3.8) is 0 Å². The highest BCUT2D eigenvalue weighted by Crippen LogP contribution is 2.27. The molecule has 1 aromatic rings. The number of aliphatic carboxylic acids is 2. The highest BCUT2D eigenvalue weighted by molar-refractivity contribution is 6.30. The van der Waals surface area contributed by atoms with Crippen molar-refractivity contribution < 1.29 is 29.4 Å². The van der Waals surface area contributed by atoms with Gasteiger partial charge in [0.2, 0.25) is 11.8 Å². The van der Waals surface area contributed by atoms with Crippen LogP contribution in [0.25, 0.3) is 0 Å². The Balaban J connectivity index is 2.88. The molecule has 154 valence electrons. The van der Waals surface area contributed by atoms with Gasteiger partial charge in [-0.05, 0) is 44.9 Å². The number of likely N-dealkylation sites (N-methyl/N-ethyl adjacent to an activating group) is 1. The number of carboxylic acids is 2. The SMILES string of the molecule is C[C@@H](C(=O)N[C@H](CCC(=O)O)C(=O)O)N(C)C(=O)C(C)(C)c1ccc(Cl)cc1. The Labute approximate surface area is 168 Å². The molecule has 0 aliphatic heterocycles. The Morgan fingerprint density at radius 2 is 1.68 bits per heavy atom. The van der Waals surface area contributed by atoms with Crippen LogP contribution in [-0.2, 0) is 24.6 Å². The highest BCUT2D eigenvalue weighted by atomic mass is 35.5. The molecule has 1 rings (SSSR count). The number of hydrogen-bond acceptors (Lipinski definition) is 4. The number of hydrogen-bond donors (Lipinski definition) is 3. The number of carboxylic acid groups (broad SMARTS) is 2. The van der Waals surface area contributed by atoms with Crippen molar-refractivity contribution in [2.75, 3.05) is 7.05 Å². The van der Waals surface area contributed by atoms with E-state index in [1.54, 1.807) is 38.1 Å². The Hall–Kier alpha value is -2.61. The first kappa shape index (κ1) is 23.4. The first-order valence-electron chi connectivity index (χ1n) is 8.66. The van der Waals surface area contributed by atoms with Crippen molar-refractivity contribution >= 4 is 35.4 Å². The molecule has 0 spiro atoms. The fraction of sp³-hybridized carbons (Fsp3) is 0.474. The first-order valence-corrected chi connectivity index (χ1v) is 9.04. The molecule has 3 N–H and O–H groups in total. The van der Waals surface area contributed by atoms with E-state index in [0.717, 1.165) is 0 Å². The van der Waals surface area contributed by atoms with E-state index in [4.69, 9.17) is 21.8 Å². The van der Waals surface area contributed by atoms with Gasteiger partial charge in [0.1, 0.15) is 12.1 Å². The number of carbonyl (C=O) groups is 4. The Morgan fingerprint density at radius 3 is 2.14 bits per heavy atom. The average Bonchev–Trinajstić information content (AvgIpc) is 2.62. The maximum atomic E-state index is 12.9. The Morgan fingerprint density at radius 1 is 1.14 bits per heavy atom. The van der Waals surface area contributed by atoms with E-state index >= 15 is 0 Å². The van der Waals surface area contributed by atoms with E-state index in [-0.39, 0.29) is 12.3 Å². The molecule has 8 nitrogen and oxygen atoms in total. The zero-order valence-corrected chi connectivity index (χ0v) is 17.0. The summed E-state index contributed by atoms with van der Waals surface area (Å²) in [6, 6.07) is 4.49. The molecule has 2 amide bonds. The summed E-state index contributed by atoms with van der Waals surface area (Å²) >= 11 is 5.88. The Bertz CT molecular complexity index is 747. The van der Waals surface area contributed by atoms with Crippen LogP contribution in [0.4, 0.5) is 0 Å². The van der Waals surface area contributed by atoms with Gasteiger partial charge in [-0.1, -0.05) is 23.7 Å². The fourth-order valence-electron chi connectivity index (χ4n) is 2.60. The molecular weight excluding hydrogens is 388 g/mol.